The fraction of sp³-hybridized carbons (Fsp3) is 0.250. The summed E-state index contributed by atoms with van der Waals surface area (Å²) in [7, 11) is 0. The summed E-state index contributed by atoms with van der Waals surface area (Å²) in [6.07, 6.45) is 2.00. The third-order valence-electron chi connectivity index (χ3n) is 4.02. The van der Waals surface area contributed by atoms with Crippen molar-refractivity contribution in [1.29, 1.82) is 0 Å². The van der Waals surface area contributed by atoms with Gasteiger partial charge < -0.3 is 10.1 Å². The molecule has 1 aromatic heterocycles. The SMILES string of the molecule is CC(Oc1ncn(-c2ccccc2)n1)C(=O)NCCCc1ccccc1F. The number of aryl methyl sites for hydroxylation is 1. The molecular formula is C20H21FN4O2. The molecule has 0 saturated heterocycles. The van der Waals surface area contributed by atoms with Gasteiger partial charge in [0.25, 0.3) is 5.91 Å². The van der Waals surface area contributed by atoms with Crippen LogP contribution < -0.4 is 10.1 Å². The molecule has 0 aliphatic heterocycles. The van der Waals surface area contributed by atoms with E-state index in [1.54, 1.807) is 29.8 Å². The zero-order valence-electron chi connectivity index (χ0n) is 15.0. The number of halogens is 1. The van der Waals surface area contributed by atoms with Crippen LogP contribution >= 0.6 is 0 Å². The van der Waals surface area contributed by atoms with E-state index >= 15 is 0 Å². The average molecular weight is 368 g/mol. The topological polar surface area (TPSA) is 69.0 Å². The largest absolute Gasteiger partial charge is 0.449 e. The minimum Gasteiger partial charge on any atom is -0.449 e. The zero-order valence-corrected chi connectivity index (χ0v) is 15.0. The third kappa shape index (κ3) is 5.13. The van der Waals surface area contributed by atoms with Crippen molar-refractivity contribution in [2.75, 3.05) is 6.54 Å². The van der Waals surface area contributed by atoms with Gasteiger partial charge >= 0.3 is 6.01 Å². The maximum absolute atomic E-state index is 13.5. The number of carbonyl (C=O) groups is 1. The van der Waals surface area contributed by atoms with Crippen LogP contribution in [0, 0.1) is 5.82 Å². The Bertz CT molecular complexity index is 882. The summed E-state index contributed by atoms with van der Waals surface area (Å²) in [5.41, 5.74) is 1.50. The molecule has 0 radical (unpaired) electrons. The van der Waals surface area contributed by atoms with E-state index in [9.17, 15) is 9.18 Å². The number of nitrogens with zero attached hydrogens (tertiary/aromatic N) is 3. The molecule has 1 atom stereocenters. The number of rotatable bonds is 8. The number of para-hydroxylation sites is 1. The van der Waals surface area contributed by atoms with Gasteiger partial charge in [-0.2, -0.15) is 4.98 Å². The van der Waals surface area contributed by atoms with Gasteiger partial charge in [0, 0.05) is 6.54 Å². The predicted octanol–water partition coefficient (Wildman–Crippen LogP) is 2.92. The Balaban J connectivity index is 1.44. The third-order valence-corrected chi connectivity index (χ3v) is 4.02. The quantitative estimate of drug-likeness (QED) is 0.621. The molecule has 1 amide bonds. The van der Waals surface area contributed by atoms with E-state index in [2.05, 4.69) is 15.4 Å². The van der Waals surface area contributed by atoms with E-state index in [0.717, 1.165) is 5.69 Å². The number of nitrogens with one attached hydrogen (secondary N) is 1. The van der Waals surface area contributed by atoms with Crippen molar-refractivity contribution >= 4 is 5.91 Å². The van der Waals surface area contributed by atoms with Gasteiger partial charge in [0.1, 0.15) is 12.1 Å². The van der Waals surface area contributed by atoms with Crippen LogP contribution in [0.15, 0.2) is 60.9 Å². The number of ether oxygens (including phenoxy) is 1. The van der Waals surface area contributed by atoms with Gasteiger partial charge in [0.05, 0.1) is 5.69 Å². The highest BCUT2D eigenvalue weighted by Crippen LogP contribution is 2.10. The summed E-state index contributed by atoms with van der Waals surface area (Å²) >= 11 is 0. The van der Waals surface area contributed by atoms with Crippen LogP contribution in [0.1, 0.15) is 18.9 Å². The molecule has 1 heterocycles. The first kappa shape index (κ1) is 18.6. The average Bonchev–Trinajstić information content (AvgIpc) is 3.15. The van der Waals surface area contributed by atoms with Crippen molar-refractivity contribution in [3.8, 4) is 11.7 Å². The highest BCUT2D eigenvalue weighted by Gasteiger charge is 2.16. The lowest BCUT2D eigenvalue weighted by Gasteiger charge is -2.12. The molecule has 3 rings (SSSR count). The van der Waals surface area contributed by atoms with Crippen LogP contribution in [0.3, 0.4) is 0 Å². The van der Waals surface area contributed by atoms with Gasteiger partial charge in [-0.05, 0) is 43.5 Å². The summed E-state index contributed by atoms with van der Waals surface area (Å²) in [5, 5.41) is 6.99. The van der Waals surface area contributed by atoms with Crippen molar-refractivity contribution in [1.82, 2.24) is 20.1 Å². The highest BCUT2D eigenvalue weighted by atomic mass is 19.1. The number of carbonyl (C=O) groups excluding carboxylic acids is 1. The summed E-state index contributed by atoms with van der Waals surface area (Å²) < 4.78 is 20.6. The molecule has 1 N–H and O–H groups in total. The Hall–Kier alpha value is -3.22. The Labute approximate surface area is 157 Å². The first-order chi connectivity index (χ1) is 13.1. The van der Waals surface area contributed by atoms with Crippen LogP contribution in [0.4, 0.5) is 4.39 Å². The predicted molar refractivity (Wildman–Crippen MR) is 99.2 cm³/mol. The summed E-state index contributed by atoms with van der Waals surface area (Å²) in [5.74, 6) is -0.486. The van der Waals surface area contributed by atoms with Gasteiger partial charge in [-0.1, -0.05) is 36.4 Å². The van der Waals surface area contributed by atoms with Crippen molar-refractivity contribution in [3.05, 3.63) is 72.3 Å². The van der Waals surface area contributed by atoms with E-state index in [1.807, 2.05) is 30.3 Å². The van der Waals surface area contributed by atoms with Crippen molar-refractivity contribution in [2.24, 2.45) is 0 Å². The van der Waals surface area contributed by atoms with Gasteiger partial charge in [0.2, 0.25) is 0 Å². The molecular weight excluding hydrogens is 347 g/mol. The molecule has 2 aromatic carbocycles. The molecule has 0 spiro atoms. The molecule has 1 unspecified atom stereocenters. The fourth-order valence-electron chi connectivity index (χ4n) is 2.55. The molecule has 0 fully saturated rings. The zero-order chi connectivity index (χ0) is 19.1. The summed E-state index contributed by atoms with van der Waals surface area (Å²) in [4.78, 5) is 16.2. The van der Waals surface area contributed by atoms with E-state index in [0.29, 0.717) is 24.9 Å². The maximum atomic E-state index is 13.5. The number of hydrogen-bond acceptors (Lipinski definition) is 4. The number of benzene rings is 2. The van der Waals surface area contributed by atoms with E-state index in [4.69, 9.17) is 4.74 Å². The Morgan fingerprint density at radius 2 is 1.93 bits per heavy atom. The van der Waals surface area contributed by atoms with Gasteiger partial charge in [0.15, 0.2) is 6.10 Å². The number of amides is 1. The fourth-order valence-corrected chi connectivity index (χ4v) is 2.55. The summed E-state index contributed by atoms with van der Waals surface area (Å²) in [6.45, 7) is 2.07. The van der Waals surface area contributed by atoms with E-state index < -0.39 is 6.10 Å². The molecule has 3 aromatic rings. The second-order valence-electron chi connectivity index (χ2n) is 6.05. The monoisotopic (exact) mass is 368 g/mol. The van der Waals surface area contributed by atoms with Crippen molar-refractivity contribution in [3.63, 3.8) is 0 Å². The molecule has 27 heavy (non-hydrogen) atoms. The maximum Gasteiger partial charge on any atom is 0.336 e. The van der Waals surface area contributed by atoms with Gasteiger partial charge in [-0.3, -0.25) is 4.79 Å². The second-order valence-corrected chi connectivity index (χ2v) is 6.05. The molecule has 6 nitrogen and oxygen atoms in total. The van der Waals surface area contributed by atoms with Crippen LogP contribution in [-0.4, -0.2) is 33.3 Å². The van der Waals surface area contributed by atoms with Crippen LogP contribution in [0.2, 0.25) is 0 Å². The minimum atomic E-state index is -0.731. The Morgan fingerprint density at radius 3 is 2.70 bits per heavy atom. The molecule has 0 saturated carbocycles. The Kier molecular flexibility index (Phi) is 6.14. The van der Waals surface area contributed by atoms with Crippen LogP contribution in [0.5, 0.6) is 6.01 Å². The van der Waals surface area contributed by atoms with Crippen molar-refractivity contribution < 1.29 is 13.9 Å². The number of aromatic nitrogens is 3. The normalized spacial score (nSPS) is 11.8. The first-order valence-corrected chi connectivity index (χ1v) is 8.78. The molecule has 140 valence electrons. The second kappa shape index (κ2) is 8.93. The molecule has 0 bridgehead atoms. The Morgan fingerprint density at radius 1 is 1.19 bits per heavy atom. The smallest absolute Gasteiger partial charge is 0.336 e. The molecule has 0 aliphatic rings. The standard InChI is InChI=1S/C20H21FN4O2/c1-15(19(26)22-13-7-9-16-8-5-6-12-18(16)21)27-20-23-14-25(24-20)17-10-3-2-4-11-17/h2-6,8,10-12,14-15H,7,9,13H2,1H3,(H,22,26). The van der Waals surface area contributed by atoms with Gasteiger partial charge in [-0.25, -0.2) is 9.07 Å². The first-order valence-electron chi connectivity index (χ1n) is 8.78. The highest BCUT2D eigenvalue weighted by molar-refractivity contribution is 5.80. The van der Waals surface area contributed by atoms with Gasteiger partial charge in [-0.15, -0.1) is 5.10 Å². The van der Waals surface area contributed by atoms with Crippen molar-refractivity contribution in [2.45, 2.75) is 25.9 Å². The lowest BCUT2D eigenvalue weighted by molar-refractivity contribution is -0.127. The molecule has 0 aliphatic carbocycles. The minimum absolute atomic E-state index is 0.132. The van der Waals surface area contributed by atoms with E-state index in [1.165, 1.54) is 12.4 Å². The van der Waals surface area contributed by atoms with Crippen LogP contribution in [0.25, 0.3) is 5.69 Å². The lowest BCUT2D eigenvalue weighted by atomic mass is 10.1. The van der Waals surface area contributed by atoms with E-state index in [-0.39, 0.29) is 17.7 Å². The molecule has 7 heteroatoms. The lowest BCUT2D eigenvalue weighted by Crippen LogP contribution is -2.37. The summed E-state index contributed by atoms with van der Waals surface area (Å²) in [6, 6.07) is 16.3. The number of hydrogen-bond donors (Lipinski definition) is 1. The van der Waals surface area contributed by atoms with Crippen LogP contribution in [-0.2, 0) is 11.2 Å².